The number of imide groups is 1. The summed E-state index contributed by atoms with van der Waals surface area (Å²) < 4.78 is 6.19. The lowest BCUT2D eigenvalue weighted by atomic mass is 10.0. The predicted octanol–water partition coefficient (Wildman–Crippen LogP) is 5.06. The Kier molecular flexibility index (Phi) is 4.24. The van der Waals surface area contributed by atoms with Gasteiger partial charge in [0.2, 0.25) is 0 Å². The summed E-state index contributed by atoms with van der Waals surface area (Å²) in [5, 5.41) is 4.38. The van der Waals surface area contributed by atoms with Crippen molar-refractivity contribution in [2.75, 3.05) is 13.2 Å². The molecule has 1 heterocycles. The Labute approximate surface area is 168 Å². The van der Waals surface area contributed by atoms with E-state index in [1.165, 1.54) is 4.90 Å². The highest BCUT2D eigenvalue weighted by Gasteiger charge is 2.34. The van der Waals surface area contributed by atoms with Crippen LogP contribution in [0.4, 0.5) is 0 Å². The van der Waals surface area contributed by atoms with E-state index in [-0.39, 0.29) is 11.8 Å². The number of carbonyl (C=O) groups is 2. The maximum absolute atomic E-state index is 12.5. The lowest BCUT2D eigenvalue weighted by Gasteiger charge is -2.16. The molecule has 0 atom stereocenters. The van der Waals surface area contributed by atoms with Crippen LogP contribution in [-0.2, 0) is 0 Å². The van der Waals surface area contributed by atoms with Crippen molar-refractivity contribution in [2.24, 2.45) is 0 Å². The molecule has 0 saturated heterocycles. The minimum Gasteiger partial charge on any atom is -0.492 e. The molecule has 0 spiro atoms. The number of rotatable bonds is 5. The summed E-state index contributed by atoms with van der Waals surface area (Å²) in [6.07, 6.45) is 0.572. The zero-order valence-corrected chi connectivity index (χ0v) is 15.8. The highest BCUT2D eigenvalue weighted by atomic mass is 16.5. The molecule has 1 aliphatic heterocycles. The minimum absolute atomic E-state index is 0.221. The van der Waals surface area contributed by atoms with E-state index in [2.05, 4.69) is 30.3 Å². The number of fused-ring (bicyclic) bond motifs is 3. The van der Waals surface area contributed by atoms with Gasteiger partial charge in [-0.25, -0.2) is 0 Å². The number of nitrogens with zero attached hydrogens (tertiary/aromatic N) is 1. The topological polar surface area (TPSA) is 46.6 Å². The molecular weight excluding hydrogens is 362 g/mol. The molecule has 0 aromatic heterocycles. The minimum atomic E-state index is -0.221. The second-order valence-corrected chi connectivity index (χ2v) is 7.16. The summed E-state index contributed by atoms with van der Waals surface area (Å²) in [7, 11) is 0. The van der Waals surface area contributed by atoms with E-state index in [1.54, 1.807) is 24.3 Å². The summed E-state index contributed by atoms with van der Waals surface area (Å²) in [6.45, 7) is 0.764. The number of benzene rings is 4. The van der Waals surface area contributed by atoms with Gasteiger partial charge in [-0.3, -0.25) is 14.5 Å². The van der Waals surface area contributed by atoms with E-state index in [9.17, 15) is 9.59 Å². The van der Waals surface area contributed by atoms with E-state index >= 15 is 0 Å². The third kappa shape index (κ3) is 2.93. The zero-order valence-electron chi connectivity index (χ0n) is 15.8. The first-order valence-electron chi connectivity index (χ1n) is 9.72. The third-order valence-electron chi connectivity index (χ3n) is 5.37. The Morgan fingerprint density at radius 1 is 0.690 bits per heavy atom. The van der Waals surface area contributed by atoms with Crippen molar-refractivity contribution in [2.45, 2.75) is 6.42 Å². The van der Waals surface area contributed by atoms with Crippen molar-refractivity contribution in [3.8, 4) is 5.75 Å². The molecule has 4 heteroatoms. The van der Waals surface area contributed by atoms with E-state index < -0.39 is 0 Å². The SMILES string of the molecule is O=C1c2ccccc2C(=O)N1CCCOc1c2ccccc2cc2ccccc12. The first-order chi connectivity index (χ1) is 14.2. The van der Waals surface area contributed by atoms with Gasteiger partial charge in [-0.05, 0) is 35.4 Å². The van der Waals surface area contributed by atoms with E-state index in [1.807, 2.05) is 24.3 Å². The average Bonchev–Trinajstić information content (AvgIpc) is 3.01. The fourth-order valence-corrected chi connectivity index (χ4v) is 3.97. The molecule has 2 amide bonds. The Morgan fingerprint density at radius 2 is 1.21 bits per heavy atom. The molecule has 5 rings (SSSR count). The molecule has 4 aromatic carbocycles. The number of ether oxygens (including phenoxy) is 1. The van der Waals surface area contributed by atoms with Gasteiger partial charge in [-0.1, -0.05) is 60.7 Å². The van der Waals surface area contributed by atoms with Crippen LogP contribution in [0.15, 0.2) is 78.9 Å². The lowest BCUT2D eigenvalue weighted by Crippen LogP contribution is -2.31. The van der Waals surface area contributed by atoms with Gasteiger partial charge in [-0.2, -0.15) is 0 Å². The fraction of sp³-hybridized carbons (Fsp3) is 0.120. The molecule has 0 saturated carbocycles. The maximum Gasteiger partial charge on any atom is 0.261 e. The van der Waals surface area contributed by atoms with Gasteiger partial charge in [0.15, 0.2) is 0 Å². The van der Waals surface area contributed by atoms with Crippen LogP contribution < -0.4 is 4.74 Å². The molecule has 0 N–H and O–H groups in total. The zero-order chi connectivity index (χ0) is 19.8. The van der Waals surface area contributed by atoms with Gasteiger partial charge in [0.1, 0.15) is 5.75 Å². The van der Waals surface area contributed by atoms with Crippen LogP contribution in [0.1, 0.15) is 27.1 Å². The van der Waals surface area contributed by atoms with Crippen LogP contribution in [0.3, 0.4) is 0 Å². The van der Waals surface area contributed by atoms with Crippen LogP contribution in [0, 0.1) is 0 Å². The summed E-state index contributed by atoms with van der Waals surface area (Å²) in [5.41, 5.74) is 0.969. The second kappa shape index (κ2) is 7.06. The van der Waals surface area contributed by atoms with Crippen LogP contribution in [0.25, 0.3) is 21.5 Å². The highest BCUT2D eigenvalue weighted by molar-refractivity contribution is 6.21. The molecule has 0 bridgehead atoms. The molecule has 142 valence electrons. The quantitative estimate of drug-likeness (QED) is 0.276. The van der Waals surface area contributed by atoms with Gasteiger partial charge >= 0.3 is 0 Å². The number of amides is 2. The van der Waals surface area contributed by atoms with Crippen molar-refractivity contribution < 1.29 is 14.3 Å². The molecule has 0 aliphatic carbocycles. The molecular formula is C25H19NO3. The molecule has 0 radical (unpaired) electrons. The highest BCUT2D eigenvalue weighted by Crippen LogP contribution is 2.35. The number of hydrogen-bond donors (Lipinski definition) is 0. The lowest BCUT2D eigenvalue weighted by molar-refractivity contribution is 0.0647. The Bertz CT molecular complexity index is 1170. The monoisotopic (exact) mass is 381 g/mol. The van der Waals surface area contributed by atoms with Gasteiger partial charge in [0.05, 0.1) is 17.7 Å². The molecule has 29 heavy (non-hydrogen) atoms. The first-order valence-corrected chi connectivity index (χ1v) is 9.72. The van der Waals surface area contributed by atoms with Crippen molar-refractivity contribution in [3.63, 3.8) is 0 Å². The van der Waals surface area contributed by atoms with Crippen LogP contribution >= 0.6 is 0 Å². The Hall–Kier alpha value is -3.66. The van der Waals surface area contributed by atoms with Gasteiger partial charge < -0.3 is 4.74 Å². The smallest absolute Gasteiger partial charge is 0.261 e. The van der Waals surface area contributed by atoms with Gasteiger partial charge in [0, 0.05) is 17.3 Å². The van der Waals surface area contributed by atoms with Crippen molar-refractivity contribution in [1.29, 1.82) is 0 Å². The van der Waals surface area contributed by atoms with Crippen molar-refractivity contribution in [1.82, 2.24) is 4.90 Å². The maximum atomic E-state index is 12.5. The number of carbonyl (C=O) groups excluding carboxylic acids is 2. The normalized spacial score (nSPS) is 13.3. The molecule has 4 nitrogen and oxygen atoms in total. The average molecular weight is 381 g/mol. The van der Waals surface area contributed by atoms with Crippen LogP contribution in [0.5, 0.6) is 5.75 Å². The Balaban J connectivity index is 1.34. The molecule has 0 fully saturated rings. The predicted molar refractivity (Wildman–Crippen MR) is 113 cm³/mol. The van der Waals surface area contributed by atoms with E-state index in [4.69, 9.17) is 4.74 Å². The van der Waals surface area contributed by atoms with E-state index in [0.29, 0.717) is 30.7 Å². The number of hydrogen-bond acceptors (Lipinski definition) is 3. The molecule has 4 aromatic rings. The summed E-state index contributed by atoms with van der Waals surface area (Å²) in [6, 6.07) is 25.4. The summed E-state index contributed by atoms with van der Waals surface area (Å²) in [4.78, 5) is 26.3. The van der Waals surface area contributed by atoms with Crippen molar-refractivity contribution >= 4 is 33.4 Å². The second-order valence-electron chi connectivity index (χ2n) is 7.16. The summed E-state index contributed by atoms with van der Waals surface area (Å²) in [5.74, 6) is 0.406. The van der Waals surface area contributed by atoms with Crippen molar-refractivity contribution in [3.05, 3.63) is 90.0 Å². The third-order valence-corrected chi connectivity index (χ3v) is 5.37. The standard InChI is InChI=1S/C25H19NO3/c27-24-21-12-5-6-13-22(21)25(28)26(24)14-7-15-29-23-19-10-3-1-8-17(19)16-18-9-2-4-11-20(18)23/h1-6,8-13,16H,7,14-15H2. The van der Waals surface area contributed by atoms with Gasteiger partial charge in [0.25, 0.3) is 11.8 Å². The van der Waals surface area contributed by atoms with E-state index in [0.717, 1.165) is 27.3 Å². The van der Waals surface area contributed by atoms with Crippen LogP contribution in [-0.4, -0.2) is 29.9 Å². The summed E-state index contributed by atoms with van der Waals surface area (Å²) >= 11 is 0. The fourth-order valence-electron chi connectivity index (χ4n) is 3.97. The largest absolute Gasteiger partial charge is 0.492 e. The Morgan fingerprint density at radius 3 is 1.79 bits per heavy atom. The first kappa shape index (κ1) is 17.4. The van der Waals surface area contributed by atoms with Gasteiger partial charge in [-0.15, -0.1) is 0 Å². The molecule has 1 aliphatic rings. The molecule has 0 unspecified atom stereocenters. The van der Waals surface area contributed by atoms with Crippen LogP contribution in [0.2, 0.25) is 0 Å².